The van der Waals surface area contributed by atoms with Crippen LogP contribution in [-0.2, 0) is 0 Å². The lowest BCUT2D eigenvalue weighted by molar-refractivity contribution is 0.148. The topological polar surface area (TPSA) is 29.3 Å². The smallest absolute Gasteiger partial charge is 0.00638 e. The Morgan fingerprint density at radius 1 is 1.46 bits per heavy atom. The number of nitrogens with zero attached hydrogens (tertiary/aromatic N) is 1. The van der Waals surface area contributed by atoms with Gasteiger partial charge in [-0.15, -0.1) is 0 Å². The van der Waals surface area contributed by atoms with Crippen molar-refractivity contribution in [1.82, 2.24) is 4.90 Å². The second-order valence-electron chi connectivity index (χ2n) is 4.67. The van der Waals surface area contributed by atoms with Gasteiger partial charge in [0.1, 0.15) is 0 Å². The Morgan fingerprint density at radius 3 is 2.54 bits per heavy atom. The molecule has 0 bridgehead atoms. The van der Waals surface area contributed by atoms with Crippen LogP contribution in [0.1, 0.15) is 39.5 Å². The largest absolute Gasteiger partial charge is 0.328 e. The van der Waals surface area contributed by atoms with Gasteiger partial charge in [-0.25, -0.2) is 0 Å². The summed E-state index contributed by atoms with van der Waals surface area (Å²) in [6.45, 7) is 5.82. The van der Waals surface area contributed by atoms with E-state index in [1.807, 2.05) is 0 Å². The fourth-order valence-electron chi connectivity index (χ4n) is 2.16. The molecule has 0 aromatic heterocycles. The summed E-state index contributed by atoms with van der Waals surface area (Å²) in [6, 6.07) is 1.24. The van der Waals surface area contributed by atoms with Crippen molar-refractivity contribution in [3.63, 3.8) is 0 Å². The summed E-state index contributed by atoms with van der Waals surface area (Å²) >= 11 is 0. The van der Waals surface area contributed by atoms with Crippen LogP contribution in [0, 0.1) is 5.92 Å². The van der Waals surface area contributed by atoms with E-state index in [2.05, 4.69) is 25.8 Å². The van der Waals surface area contributed by atoms with E-state index in [9.17, 15) is 0 Å². The van der Waals surface area contributed by atoms with Crippen LogP contribution in [0.5, 0.6) is 0 Å². The molecule has 0 saturated heterocycles. The lowest BCUT2D eigenvalue weighted by Gasteiger charge is -2.37. The second kappa shape index (κ2) is 4.97. The van der Waals surface area contributed by atoms with Crippen molar-refractivity contribution in [2.45, 2.75) is 51.6 Å². The summed E-state index contributed by atoms with van der Waals surface area (Å²) in [4.78, 5) is 2.49. The molecule has 1 saturated carbocycles. The Hall–Kier alpha value is -0.0800. The summed E-state index contributed by atoms with van der Waals surface area (Å²) in [7, 11) is 2.24. The number of hydrogen-bond donors (Lipinski definition) is 1. The van der Waals surface area contributed by atoms with Crippen LogP contribution in [0.3, 0.4) is 0 Å². The molecule has 2 N–H and O–H groups in total. The first-order valence-electron chi connectivity index (χ1n) is 5.59. The maximum atomic E-state index is 5.76. The molecule has 1 fully saturated rings. The minimum Gasteiger partial charge on any atom is -0.328 e. The number of nitrogens with two attached hydrogens (primary N) is 1. The van der Waals surface area contributed by atoms with E-state index in [4.69, 9.17) is 5.73 Å². The molecule has 0 aromatic carbocycles. The van der Waals surface area contributed by atoms with Crippen LogP contribution in [0.2, 0.25) is 0 Å². The van der Waals surface area contributed by atoms with Crippen LogP contribution in [0.4, 0.5) is 0 Å². The van der Waals surface area contributed by atoms with Gasteiger partial charge in [0.05, 0.1) is 0 Å². The molecule has 2 heteroatoms. The molecule has 2 nitrogen and oxygen atoms in total. The Bertz CT molecular complexity index is 141. The third-order valence-corrected chi connectivity index (χ3v) is 3.28. The SMILES string of the molecule is CCCC(C)N(C)CC1CC(N)C1. The molecule has 0 radical (unpaired) electrons. The van der Waals surface area contributed by atoms with E-state index in [0.717, 1.165) is 12.0 Å². The highest BCUT2D eigenvalue weighted by Crippen LogP contribution is 2.26. The molecule has 0 heterocycles. The zero-order chi connectivity index (χ0) is 9.84. The van der Waals surface area contributed by atoms with Gasteiger partial charge in [0.25, 0.3) is 0 Å². The average Bonchev–Trinajstić information content (AvgIpc) is 2.02. The highest BCUT2D eigenvalue weighted by atomic mass is 15.1. The van der Waals surface area contributed by atoms with E-state index in [-0.39, 0.29) is 0 Å². The molecular formula is C11H24N2. The molecule has 1 rings (SSSR count). The first-order chi connectivity index (χ1) is 6.13. The van der Waals surface area contributed by atoms with Gasteiger partial charge in [0.2, 0.25) is 0 Å². The molecular weight excluding hydrogens is 160 g/mol. The van der Waals surface area contributed by atoms with Crippen molar-refractivity contribution in [1.29, 1.82) is 0 Å². The monoisotopic (exact) mass is 184 g/mol. The van der Waals surface area contributed by atoms with Gasteiger partial charge >= 0.3 is 0 Å². The molecule has 0 spiro atoms. The zero-order valence-electron chi connectivity index (χ0n) is 9.29. The van der Waals surface area contributed by atoms with Gasteiger partial charge in [0.15, 0.2) is 0 Å². The maximum Gasteiger partial charge on any atom is 0.00638 e. The summed E-state index contributed by atoms with van der Waals surface area (Å²) < 4.78 is 0. The third kappa shape index (κ3) is 3.28. The lowest BCUT2D eigenvalue weighted by atomic mass is 9.80. The van der Waals surface area contributed by atoms with E-state index >= 15 is 0 Å². The molecule has 0 amide bonds. The van der Waals surface area contributed by atoms with Gasteiger partial charge < -0.3 is 10.6 Å². The van der Waals surface area contributed by atoms with Gasteiger partial charge in [-0.1, -0.05) is 13.3 Å². The van der Waals surface area contributed by atoms with Gasteiger partial charge in [0, 0.05) is 18.6 Å². The van der Waals surface area contributed by atoms with Crippen molar-refractivity contribution in [3.8, 4) is 0 Å². The molecule has 1 atom stereocenters. The van der Waals surface area contributed by atoms with Crippen molar-refractivity contribution in [3.05, 3.63) is 0 Å². The quantitative estimate of drug-likeness (QED) is 0.706. The fourth-order valence-corrected chi connectivity index (χ4v) is 2.16. The predicted molar refractivity (Wildman–Crippen MR) is 57.7 cm³/mol. The standard InChI is InChI=1S/C11H24N2/c1-4-5-9(2)13(3)8-10-6-11(12)7-10/h9-11H,4-8,12H2,1-3H3. The Labute approximate surface area is 82.5 Å². The second-order valence-corrected chi connectivity index (χ2v) is 4.67. The van der Waals surface area contributed by atoms with Crippen LogP contribution >= 0.6 is 0 Å². The zero-order valence-corrected chi connectivity index (χ0v) is 9.29. The first-order valence-corrected chi connectivity index (χ1v) is 5.59. The fraction of sp³-hybridized carbons (Fsp3) is 1.00. The van der Waals surface area contributed by atoms with Crippen molar-refractivity contribution in [2.24, 2.45) is 11.7 Å². The van der Waals surface area contributed by atoms with Crippen LogP contribution in [-0.4, -0.2) is 30.6 Å². The van der Waals surface area contributed by atoms with Gasteiger partial charge in [-0.3, -0.25) is 0 Å². The molecule has 1 aliphatic rings. The van der Waals surface area contributed by atoms with E-state index < -0.39 is 0 Å². The summed E-state index contributed by atoms with van der Waals surface area (Å²) in [5.41, 5.74) is 5.76. The number of hydrogen-bond acceptors (Lipinski definition) is 2. The highest BCUT2D eigenvalue weighted by Gasteiger charge is 2.27. The van der Waals surface area contributed by atoms with E-state index in [1.54, 1.807) is 0 Å². The van der Waals surface area contributed by atoms with Crippen LogP contribution in [0.15, 0.2) is 0 Å². The molecule has 0 aliphatic heterocycles. The van der Waals surface area contributed by atoms with Crippen molar-refractivity contribution in [2.75, 3.05) is 13.6 Å². The highest BCUT2D eigenvalue weighted by molar-refractivity contribution is 4.84. The maximum absolute atomic E-state index is 5.76. The lowest BCUT2D eigenvalue weighted by Crippen LogP contribution is -2.43. The molecule has 78 valence electrons. The number of rotatable bonds is 5. The third-order valence-electron chi connectivity index (χ3n) is 3.28. The molecule has 1 unspecified atom stereocenters. The molecule has 0 aromatic rings. The van der Waals surface area contributed by atoms with E-state index in [0.29, 0.717) is 6.04 Å². The minimum atomic E-state index is 0.500. The minimum absolute atomic E-state index is 0.500. The van der Waals surface area contributed by atoms with Crippen LogP contribution < -0.4 is 5.73 Å². The van der Waals surface area contributed by atoms with Gasteiger partial charge in [-0.2, -0.15) is 0 Å². The first kappa shape index (κ1) is 11.0. The summed E-state index contributed by atoms with van der Waals surface area (Å²) in [5.74, 6) is 0.874. The predicted octanol–water partition coefficient (Wildman–Crippen LogP) is 1.84. The van der Waals surface area contributed by atoms with Crippen molar-refractivity contribution >= 4 is 0 Å². The van der Waals surface area contributed by atoms with Crippen molar-refractivity contribution < 1.29 is 0 Å². The van der Waals surface area contributed by atoms with Gasteiger partial charge in [-0.05, 0) is 39.2 Å². The van der Waals surface area contributed by atoms with Crippen LogP contribution in [0.25, 0.3) is 0 Å². The normalized spacial score (nSPS) is 30.2. The van der Waals surface area contributed by atoms with E-state index in [1.165, 1.54) is 32.2 Å². The summed E-state index contributed by atoms with van der Waals surface area (Å²) in [5, 5.41) is 0. The Kier molecular flexibility index (Phi) is 4.20. The summed E-state index contributed by atoms with van der Waals surface area (Å²) in [6.07, 6.45) is 5.08. The Balaban J connectivity index is 2.13. The Morgan fingerprint density at radius 2 is 2.08 bits per heavy atom. The average molecular weight is 184 g/mol. The molecule has 1 aliphatic carbocycles. The molecule has 13 heavy (non-hydrogen) atoms.